The monoisotopic (exact) mass is 413 g/mol. The van der Waals surface area contributed by atoms with E-state index in [-0.39, 0.29) is 18.2 Å². The number of ether oxygens (including phenoxy) is 1. The number of hydrogen-bond donors (Lipinski definition) is 1. The summed E-state index contributed by atoms with van der Waals surface area (Å²) in [5.74, 6) is 0. The van der Waals surface area contributed by atoms with Crippen molar-refractivity contribution in [3.8, 4) is 0 Å². The molecule has 2 heterocycles. The molecular formula is C23H31N3O2S. The molecule has 156 valence electrons. The van der Waals surface area contributed by atoms with E-state index in [2.05, 4.69) is 16.3 Å². The van der Waals surface area contributed by atoms with Crippen molar-refractivity contribution in [2.24, 2.45) is 0 Å². The van der Waals surface area contributed by atoms with Crippen LogP contribution in [0.1, 0.15) is 56.6 Å². The van der Waals surface area contributed by atoms with Crippen LogP contribution in [0.2, 0.25) is 0 Å². The molecule has 1 aliphatic carbocycles. The molecule has 0 aromatic heterocycles. The number of benzene rings is 1. The van der Waals surface area contributed by atoms with Gasteiger partial charge < -0.3 is 19.9 Å². The molecule has 4 rings (SSSR count). The summed E-state index contributed by atoms with van der Waals surface area (Å²) in [6, 6.07) is 10.3. The number of piperidine rings is 1. The molecule has 2 saturated heterocycles. The van der Waals surface area contributed by atoms with Gasteiger partial charge in [0.05, 0.1) is 6.54 Å². The Hall–Kier alpha value is -2.08. The van der Waals surface area contributed by atoms with Crippen LogP contribution in [0.25, 0.3) is 0 Å². The van der Waals surface area contributed by atoms with Crippen molar-refractivity contribution < 1.29 is 9.53 Å². The summed E-state index contributed by atoms with van der Waals surface area (Å²) >= 11 is 5.61. The molecule has 0 saturated carbocycles. The average molecular weight is 414 g/mol. The van der Waals surface area contributed by atoms with Gasteiger partial charge in [-0.05, 0) is 62.7 Å². The molecule has 1 aromatic rings. The summed E-state index contributed by atoms with van der Waals surface area (Å²) in [5.41, 5.74) is 2.64. The minimum Gasteiger partial charge on any atom is -0.439 e. The van der Waals surface area contributed by atoms with E-state index in [4.69, 9.17) is 17.0 Å². The molecule has 29 heavy (non-hydrogen) atoms. The molecule has 1 N–H and O–H groups in total. The molecule has 0 spiro atoms. The molecule has 1 aromatic carbocycles. The van der Waals surface area contributed by atoms with Crippen molar-refractivity contribution in [2.75, 3.05) is 26.2 Å². The molecule has 2 fully saturated rings. The van der Waals surface area contributed by atoms with Crippen molar-refractivity contribution in [1.29, 1.82) is 0 Å². The highest BCUT2D eigenvalue weighted by Gasteiger charge is 2.38. The number of nitrogens with zero attached hydrogens (tertiary/aromatic N) is 2. The molecule has 1 amide bonds. The highest BCUT2D eigenvalue weighted by Crippen LogP contribution is 2.30. The number of thiocarbonyl (C=S) groups is 1. The van der Waals surface area contributed by atoms with Gasteiger partial charge in [0.25, 0.3) is 0 Å². The van der Waals surface area contributed by atoms with Gasteiger partial charge in [-0.25, -0.2) is 4.79 Å². The lowest BCUT2D eigenvalue weighted by Crippen LogP contribution is -2.49. The summed E-state index contributed by atoms with van der Waals surface area (Å²) < 4.78 is 5.63. The fourth-order valence-corrected chi connectivity index (χ4v) is 4.86. The number of hydrogen-bond acceptors (Lipinski definition) is 3. The summed E-state index contributed by atoms with van der Waals surface area (Å²) in [7, 11) is 0. The molecule has 0 bridgehead atoms. The summed E-state index contributed by atoms with van der Waals surface area (Å²) in [5, 5.41) is 4.29. The maximum atomic E-state index is 12.4. The second-order valence-corrected chi connectivity index (χ2v) is 8.63. The largest absolute Gasteiger partial charge is 0.439 e. The third-order valence-corrected chi connectivity index (χ3v) is 6.71. The standard InChI is InChI=1S/C23H31N3O2S/c27-23-26(17-21(28-23)19-9-5-2-6-10-19)20-12-15-25(16-13-20)22(29)24-14-11-18-7-3-1-4-8-18/h2,5-7,9-10,20-21H,1,3-4,8,11-17H2,(H,24,29). The first-order valence-electron chi connectivity index (χ1n) is 10.9. The number of cyclic esters (lactones) is 1. The van der Waals surface area contributed by atoms with Gasteiger partial charge in [0, 0.05) is 25.7 Å². The summed E-state index contributed by atoms with van der Waals surface area (Å²) in [6.07, 6.45) is 10.2. The van der Waals surface area contributed by atoms with Gasteiger partial charge in [-0.1, -0.05) is 42.0 Å². The Bertz CT molecular complexity index is 744. The molecular weight excluding hydrogens is 382 g/mol. The Morgan fingerprint density at radius 2 is 1.97 bits per heavy atom. The maximum Gasteiger partial charge on any atom is 0.410 e. The first kappa shape index (κ1) is 20.2. The van der Waals surface area contributed by atoms with E-state index >= 15 is 0 Å². The van der Waals surface area contributed by atoms with Gasteiger partial charge in [-0.15, -0.1) is 0 Å². The molecule has 6 heteroatoms. The lowest BCUT2D eigenvalue weighted by molar-refractivity contribution is 0.120. The van der Waals surface area contributed by atoms with Crippen LogP contribution >= 0.6 is 12.2 Å². The van der Waals surface area contributed by atoms with Crippen molar-refractivity contribution in [3.63, 3.8) is 0 Å². The lowest BCUT2D eigenvalue weighted by atomic mass is 9.97. The molecule has 2 aliphatic heterocycles. The normalized spacial score (nSPS) is 23.0. The fourth-order valence-electron chi connectivity index (χ4n) is 4.57. The zero-order valence-corrected chi connectivity index (χ0v) is 17.8. The van der Waals surface area contributed by atoms with Gasteiger partial charge in [0.2, 0.25) is 0 Å². The summed E-state index contributed by atoms with van der Waals surface area (Å²) in [4.78, 5) is 16.6. The predicted octanol–water partition coefficient (Wildman–Crippen LogP) is 4.41. The Kier molecular flexibility index (Phi) is 6.70. The summed E-state index contributed by atoms with van der Waals surface area (Å²) in [6.45, 7) is 3.34. The van der Waals surface area contributed by atoms with E-state index in [1.165, 1.54) is 25.7 Å². The van der Waals surface area contributed by atoms with Crippen LogP contribution in [0.15, 0.2) is 42.0 Å². The minimum absolute atomic E-state index is 0.154. The number of carbonyl (C=O) groups is 1. The number of carbonyl (C=O) groups excluding carboxylic acids is 1. The van der Waals surface area contributed by atoms with Gasteiger partial charge >= 0.3 is 6.09 Å². The second-order valence-electron chi connectivity index (χ2n) is 8.24. The van der Waals surface area contributed by atoms with Gasteiger partial charge in [-0.3, -0.25) is 0 Å². The van der Waals surface area contributed by atoms with Crippen molar-refractivity contribution >= 4 is 23.4 Å². The SMILES string of the molecule is O=C1OC(c2ccccc2)CN1C1CCN(C(=S)NCCC2=CCCCC2)CC1. The smallest absolute Gasteiger partial charge is 0.410 e. The van der Waals surface area contributed by atoms with Gasteiger partial charge in [0.15, 0.2) is 5.11 Å². The highest BCUT2D eigenvalue weighted by molar-refractivity contribution is 7.80. The molecule has 0 radical (unpaired) electrons. The zero-order chi connectivity index (χ0) is 20.1. The van der Waals surface area contributed by atoms with Crippen molar-refractivity contribution in [3.05, 3.63) is 47.5 Å². The topological polar surface area (TPSA) is 44.8 Å². The van der Waals surface area contributed by atoms with E-state index in [9.17, 15) is 4.79 Å². The van der Waals surface area contributed by atoms with Crippen LogP contribution in [0.3, 0.4) is 0 Å². The van der Waals surface area contributed by atoms with Crippen molar-refractivity contribution in [2.45, 2.75) is 57.1 Å². The minimum atomic E-state index is -0.182. The predicted molar refractivity (Wildman–Crippen MR) is 119 cm³/mol. The molecule has 3 aliphatic rings. The van der Waals surface area contributed by atoms with Crippen LogP contribution in [0.4, 0.5) is 4.79 Å². The van der Waals surface area contributed by atoms with Crippen molar-refractivity contribution in [1.82, 2.24) is 15.1 Å². The highest BCUT2D eigenvalue weighted by atomic mass is 32.1. The third-order valence-electron chi connectivity index (χ3n) is 6.31. The number of likely N-dealkylation sites (tertiary alicyclic amines) is 1. The first-order valence-corrected chi connectivity index (χ1v) is 11.3. The van der Waals surface area contributed by atoms with E-state index < -0.39 is 0 Å². The molecule has 1 unspecified atom stereocenters. The maximum absolute atomic E-state index is 12.4. The quantitative estimate of drug-likeness (QED) is 0.572. The van der Waals surface area contributed by atoms with Crippen LogP contribution < -0.4 is 5.32 Å². The van der Waals surface area contributed by atoms with E-state index in [1.807, 2.05) is 35.2 Å². The van der Waals surface area contributed by atoms with Gasteiger partial charge in [0.1, 0.15) is 6.10 Å². The Morgan fingerprint density at radius 1 is 1.17 bits per heavy atom. The van der Waals surface area contributed by atoms with E-state index in [0.717, 1.165) is 49.6 Å². The van der Waals surface area contributed by atoms with Gasteiger partial charge in [-0.2, -0.15) is 0 Å². The molecule has 5 nitrogen and oxygen atoms in total. The number of nitrogens with one attached hydrogen (secondary N) is 1. The van der Waals surface area contributed by atoms with E-state index in [1.54, 1.807) is 5.57 Å². The first-order chi connectivity index (χ1) is 14.2. The number of rotatable bonds is 5. The Balaban J connectivity index is 1.21. The third kappa shape index (κ3) is 5.10. The van der Waals surface area contributed by atoms with Crippen LogP contribution in [0, 0.1) is 0 Å². The van der Waals surface area contributed by atoms with Crippen LogP contribution in [0.5, 0.6) is 0 Å². The average Bonchev–Trinajstić information content (AvgIpc) is 3.17. The Labute approximate surface area is 179 Å². The number of allylic oxidation sites excluding steroid dienone is 1. The molecule has 1 atom stereocenters. The lowest BCUT2D eigenvalue weighted by Gasteiger charge is -2.37. The number of amides is 1. The van der Waals surface area contributed by atoms with Crippen LogP contribution in [-0.2, 0) is 4.74 Å². The van der Waals surface area contributed by atoms with Crippen LogP contribution in [-0.4, -0.2) is 53.2 Å². The fraction of sp³-hybridized carbons (Fsp3) is 0.565. The van der Waals surface area contributed by atoms with E-state index in [0.29, 0.717) is 6.54 Å². The zero-order valence-electron chi connectivity index (χ0n) is 17.0. The Morgan fingerprint density at radius 3 is 2.69 bits per heavy atom. The second kappa shape index (κ2) is 9.61.